The van der Waals surface area contributed by atoms with Gasteiger partial charge in [-0.05, 0) is 83.2 Å². The predicted molar refractivity (Wildman–Crippen MR) is 328 cm³/mol. The number of aromatic nitrogens is 2. The second-order valence-corrected chi connectivity index (χ2v) is 27.8. The van der Waals surface area contributed by atoms with Crippen molar-refractivity contribution < 1.29 is 25.8 Å². The van der Waals surface area contributed by atoms with Crippen LogP contribution in [0.2, 0.25) is 0 Å². The van der Waals surface area contributed by atoms with Gasteiger partial charge in [0.2, 0.25) is 0 Å². The molecule has 2 aliphatic rings. The number of benzene rings is 9. The Morgan fingerprint density at radius 1 is 0.494 bits per heavy atom. The summed E-state index contributed by atoms with van der Waals surface area (Å²) in [7, 11) is -2.97. The van der Waals surface area contributed by atoms with E-state index in [9.17, 15) is 0 Å². The van der Waals surface area contributed by atoms with Crippen molar-refractivity contribution in [2.75, 3.05) is 9.80 Å². The molecule has 9 aromatic carbocycles. The number of nitrogens with zero attached hydrogens (tertiary/aromatic N) is 4. The fourth-order valence-corrected chi connectivity index (χ4v) is 17.7. The Bertz CT molecular complexity index is 4040. The number of ether oxygens (including phenoxy) is 1. The third-order valence-corrected chi connectivity index (χ3v) is 20.9. The minimum atomic E-state index is -2.97. The molecule has 7 heteroatoms. The van der Waals surface area contributed by atoms with Crippen LogP contribution in [0.5, 0.6) is 11.5 Å². The summed E-state index contributed by atoms with van der Waals surface area (Å²) in [4.78, 5) is 10.0. The quantitative estimate of drug-likeness (QED) is 0.112. The van der Waals surface area contributed by atoms with Crippen LogP contribution in [0.3, 0.4) is 0 Å². The Balaban J connectivity index is 0.00000623. The van der Waals surface area contributed by atoms with Crippen LogP contribution in [-0.4, -0.2) is 17.6 Å². The van der Waals surface area contributed by atoms with E-state index in [0.717, 1.165) is 56.2 Å². The van der Waals surface area contributed by atoms with Crippen molar-refractivity contribution in [3.63, 3.8) is 0 Å². The molecule has 0 atom stereocenters. The van der Waals surface area contributed by atoms with Crippen molar-refractivity contribution in [1.82, 2.24) is 9.55 Å². The monoisotopic (exact) mass is 1220 g/mol. The van der Waals surface area contributed by atoms with Gasteiger partial charge in [-0.3, -0.25) is 0 Å². The van der Waals surface area contributed by atoms with E-state index in [1.165, 1.54) is 53.9 Å². The number of fused-ring (bicyclic) bond motifs is 6. The molecule has 0 N–H and O–H groups in total. The zero-order valence-electron chi connectivity index (χ0n) is 46.3. The molecule has 0 aliphatic carbocycles. The average molecular weight is 1220 g/mol. The predicted octanol–water partition coefficient (Wildman–Crippen LogP) is 15.9. The maximum absolute atomic E-state index is 6.92. The van der Waals surface area contributed by atoms with Gasteiger partial charge in [-0.2, -0.15) is 12.1 Å². The SMILES string of the molecule is CC(C)(C)c1cc(-c2cccc(-c3ccccc3)c2N2[CH-]N(c3[c-]c(Oc4[c-]c5c(cc4)c4cccc6c4n5-c4nccc(C(C)(C)C)c4[Si]6(c4ccccc4)c4ccccc4)ccc3)c3ccccc32)cc(C(C)(C)C)c1.[Pt]. The number of pyridine rings is 1. The van der Waals surface area contributed by atoms with E-state index in [0.29, 0.717) is 11.5 Å². The summed E-state index contributed by atoms with van der Waals surface area (Å²) in [6.45, 7) is 23.1. The molecule has 0 saturated carbocycles. The van der Waals surface area contributed by atoms with E-state index < -0.39 is 8.07 Å². The molecule has 0 bridgehead atoms. The van der Waals surface area contributed by atoms with Gasteiger partial charge in [0.25, 0.3) is 0 Å². The van der Waals surface area contributed by atoms with Crippen LogP contribution in [-0.2, 0) is 37.3 Å². The van der Waals surface area contributed by atoms with E-state index >= 15 is 0 Å². The van der Waals surface area contributed by atoms with Gasteiger partial charge >= 0.3 is 0 Å². The number of hydrogen-bond acceptors (Lipinski definition) is 4. The van der Waals surface area contributed by atoms with E-state index in [1.807, 2.05) is 12.3 Å². The zero-order chi connectivity index (χ0) is 53.7. The standard InChI is InChI=1S/C72H63N4OSi.Pt/c1-70(2,3)50-42-49(43-51(44-50)71(4,5)6)58-33-22-32-57(48-24-13-10-14-25-48)66(58)75-47-74(62-35-19-20-36-63(62)75)52-26-21-27-53(45-52)77-54-38-39-59-60-34-23-37-65-67(60)76(64(59)46-54)69-68(61(40-41-73-69)72(7,8)9)78(65,55-28-15-11-16-29-55)56-30-17-12-18-31-56;/h10-44,47H,1-9H3;/q-3;. The topological polar surface area (TPSA) is 33.5 Å². The maximum atomic E-state index is 6.92. The zero-order valence-corrected chi connectivity index (χ0v) is 49.6. The Hall–Kier alpha value is -7.76. The minimum Gasteiger partial charge on any atom is -0.509 e. The molecule has 5 nitrogen and oxygen atoms in total. The Morgan fingerprint density at radius 2 is 1.06 bits per heavy atom. The van der Waals surface area contributed by atoms with Gasteiger partial charge < -0.3 is 19.1 Å². The average Bonchev–Trinajstić information content (AvgIpc) is 4.17. The molecule has 0 unspecified atom stereocenters. The summed E-state index contributed by atoms with van der Waals surface area (Å²) in [5.41, 5.74) is 14.6. The molecule has 2 aliphatic heterocycles. The summed E-state index contributed by atoms with van der Waals surface area (Å²) in [5, 5.41) is 7.62. The smallest absolute Gasteiger partial charge is 0.186 e. The van der Waals surface area contributed by atoms with Gasteiger partial charge in [0.1, 0.15) is 5.82 Å². The minimum absolute atomic E-state index is 0. The Kier molecular flexibility index (Phi) is 12.9. The van der Waals surface area contributed by atoms with Crippen LogP contribution in [0, 0.1) is 18.8 Å². The molecule has 2 aromatic heterocycles. The molecule has 79 heavy (non-hydrogen) atoms. The van der Waals surface area contributed by atoms with Crippen LogP contribution in [0.4, 0.5) is 22.7 Å². The van der Waals surface area contributed by atoms with Gasteiger partial charge in [0.05, 0.1) is 0 Å². The van der Waals surface area contributed by atoms with Gasteiger partial charge in [-0.1, -0.05) is 226 Å². The van der Waals surface area contributed by atoms with Gasteiger partial charge in [0.15, 0.2) is 8.07 Å². The van der Waals surface area contributed by atoms with Crippen LogP contribution < -0.4 is 35.3 Å². The van der Waals surface area contributed by atoms with Gasteiger partial charge in [-0.25, -0.2) is 4.98 Å². The largest absolute Gasteiger partial charge is 0.509 e. The molecule has 0 fully saturated rings. The molecule has 13 rings (SSSR count). The molecule has 394 valence electrons. The third-order valence-electron chi connectivity index (χ3n) is 16.0. The molecule has 0 radical (unpaired) electrons. The third kappa shape index (κ3) is 8.67. The van der Waals surface area contributed by atoms with Crippen LogP contribution >= 0.6 is 0 Å². The second-order valence-electron chi connectivity index (χ2n) is 24.1. The van der Waals surface area contributed by atoms with Crippen LogP contribution in [0.1, 0.15) is 79.0 Å². The fourth-order valence-electron chi connectivity index (χ4n) is 12.2. The normalized spacial score (nSPS) is 13.8. The first kappa shape index (κ1) is 52.0. The molecular weight excluding hydrogens is 1160 g/mol. The van der Waals surface area contributed by atoms with E-state index in [4.69, 9.17) is 9.72 Å². The van der Waals surface area contributed by atoms with Crippen molar-refractivity contribution in [3.8, 4) is 39.6 Å². The van der Waals surface area contributed by atoms with Gasteiger partial charge in [-0.15, -0.1) is 48.1 Å². The molecular formula is C72H63N4OPtSi-3. The summed E-state index contributed by atoms with van der Waals surface area (Å²) in [5.74, 6) is 2.16. The van der Waals surface area contributed by atoms with Crippen LogP contribution in [0.15, 0.2) is 212 Å². The fraction of sp³-hybridized carbons (Fsp3) is 0.167. The number of rotatable bonds is 8. The van der Waals surface area contributed by atoms with Crippen molar-refractivity contribution >= 4 is 73.4 Å². The molecule has 0 amide bonds. The second kappa shape index (κ2) is 19.5. The summed E-state index contributed by atoms with van der Waals surface area (Å²) in [6, 6.07) is 82.9. The Morgan fingerprint density at radius 3 is 1.70 bits per heavy atom. The number of anilines is 4. The van der Waals surface area contributed by atoms with Crippen molar-refractivity contribution in [2.45, 2.75) is 78.6 Å². The number of para-hydroxylation sites is 4. The molecule has 0 saturated heterocycles. The van der Waals surface area contributed by atoms with E-state index in [1.54, 1.807) is 0 Å². The molecule has 4 heterocycles. The Labute approximate surface area is 481 Å². The van der Waals surface area contributed by atoms with Crippen LogP contribution in [0.25, 0.3) is 49.9 Å². The summed E-state index contributed by atoms with van der Waals surface area (Å²) in [6.07, 6.45) is 2.00. The number of hydrogen-bond donors (Lipinski definition) is 0. The first-order valence-electron chi connectivity index (χ1n) is 27.3. The first-order valence-corrected chi connectivity index (χ1v) is 29.3. The van der Waals surface area contributed by atoms with E-state index in [-0.39, 0.29) is 37.3 Å². The molecule has 0 spiro atoms. The van der Waals surface area contributed by atoms with Crippen molar-refractivity contribution in [2.24, 2.45) is 0 Å². The summed E-state index contributed by atoms with van der Waals surface area (Å²) >= 11 is 0. The van der Waals surface area contributed by atoms with Gasteiger partial charge in [0, 0.05) is 77.7 Å². The first-order chi connectivity index (χ1) is 37.6. The van der Waals surface area contributed by atoms with Crippen molar-refractivity contribution in [3.05, 3.63) is 248 Å². The summed E-state index contributed by atoms with van der Waals surface area (Å²) < 4.78 is 9.30. The maximum Gasteiger partial charge on any atom is 0.186 e. The molecule has 11 aromatic rings. The van der Waals surface area contributed by atoms with Crippen molar-refractivity contribution in [1.29, 1.82) is 0 Å². The van der Waals surface area contributed by atoms with E-state index in [2.05, 4.69) is 296 Å².